The first-order valence-electron chi connectivity index (χ1n) is 11.4. The van der Waals surface area contributed by atoms with Gasteiger partial charge in [0.1, 0.15) is 12.0 Å². The first-order chi connectivity index (χ1) is 17.2. The Kier molecular flexibility index (Phi) is 8.57. The summed E-state index contributed by atoms with van der Waals surface area (Å²) in [6.07, 6.45) is -2.64. The summed E-state index contributed by atoms with van der Waals surface area (Å²) in [5.41, 5.74) is 0.729. The molecule has 2 aromatic heterocycles. The molecule has 204 valence electrons. The van der Waals surface area contributed by atoms with Gasteiger partial charge in [-0.25, -0.2) is 22.6 Å². The smallest absolute Gasteiger partial charge is 0.427 e. The summed E-state index contributed by atoms with van der Waals surface area (Å²) in [6.45, 7) is 1.66. The summed E-state index contributed by atoms with van der Waals surface area (Å²) in [4.78, 5) is 23.9. The summed E-state index contributed by atoms with van der Waals surface area (Å²) in [5.74, 6) is -4.34. The topological polar surface area (TPSA) is 143 Å². The van der Waals surface area contributed by atoms with Crippen molar-refractivity contribution in [3.63, 3.8) is 0 Å². The van der Waals surface area contributed by atoms with E-state index in [1.54, 1.807) is 6.92 Å². The Labute approximate surface area is 210 Å². The molecule has 3 N–H and O–H groups in total. The highest BCUT2D eigenvalue weighted by molar-refractivity contribution is 7.90. The van der Waals surface area contributed by atoms with Crippen molar-refractivity contribution in [1.82, 2.24) is 15.0 Å². The summed E-state index contributed by atoms with van der Waals surface area (Å²) in [6, 6.07) is 2.46. The van der Waals surface area contributed by atoms with Gasteiger partial charge in [-0.1, -0.05) is 6.92 Å². The van der Waals surface area contributed by atoms with Crippen LogP contribution in [0.25, 0.3) is 11.3 Å². The first kappa shape index (κ1) is 28.5. The molecule has 1 fully saturated rings. The van der Waals surface area contributed by atoms with Crippen molar-refractivity contribution >= 4 is 27.6 Å². The highest BCUT2D eigenvalue weighted by Crippen LogP contribution is 2.34. The Bertz CT molecular complexity index is 1200. The Morgan fingerprint density at radius 1 is 1.24 bits per heavy atom. The van der Waals surface area contributed by atoms with Gasteiger partial charge in [0.2, 0.25) is 11.7 Å². The molecule has 0 spiro atoms. The number of aromatic nitrogens is 3. The van der Waals surface area contributed by atoms with Gasteiger partial charge in [-0.2, -0.15) is 18.2 Å². The Morgan fingerprint density at radius 3 is 2.46 bits per heavy atom. The predicted octanol–water partition coefficient (Wildman–Crippen LogP) is 3.25. The Balaban J connectivity index is 1.81. The number of sulfone groups is 1. The molecule has 1 saturated carbocycles. The molecule has 15 heteroatoms. The van der Waals surface area contributed by atoms with E-state index in [9.17, 15) is 35.9 Å². The number of hydrogen-bond donors (Lipinski definition) is 3. The molecule has 0 aliphatic heterocycles. The fourth-order valence-corrected chi connectivity index (χ4v) is 4.17. The van der Waals surface area contributed by atoms with E-state index in [1.165, 1.54) is 24.5 Å². The number of carbonyl (C=O) groups excluding carboxylic acids is 1. The number of carbonyl (C=O) groups is 1. The summed E-state index contributed by atoms with van der Waals surface area (Å²) >= 11 is 0. The first-order valence-corrected chi connectivity index (χ1v) is 13.3. The van der Waals surface area contributed by atoms with E-state index < -0.39 is 33.9 Å². The van der Waals surface area contributed by atoms with Crippen LogP contribution in [0.3, 0.4) is 0 Å². The third-order valence-electron chi connectivity index (χ3n) is 5.78. The highest BCUT2D eigenvalue weighted by Gasteiger charge is 2.47. The van der Waals surface area contributed by atoms with Gasteiger partial charge >= 0.3 is 12.1 Å². The van der Waals surface area contributed by atoms with Crippen LogP contribution in [-0.4, -0.2) is 71.4 Å². The number of hydrogen-bond acceptors (Lipinski definition) is 10. The molecule has 1 atom stereocenters. The number of alkyl halides is 4. The van der Waals surface area contributed by atoms with Crippen LogP contribution in [-0.2, 0) is 19.4 Å². The van der Waals surface area contributed by atoms with Crippen molar-refractivity contribution in [2.75, 3.05) is 23.4 Å². The van der Waals surface area contributed by atoms with E-state index in [-0.39, 0.29) is 61.4 Å². The second-order valence-electron chi connectivity index (χ2n) is 8.75. The number of esters is 1. The highest BCUT2D eigenvalue weighted by atomic mass is 32.2. The van der Waals surface area contributed by atoms with E-state index >= 15 is 0 Å². The predicted molar refractivity (Wildman–Crippen MR) is 125 cm³/mol. The van der Waals surface area contributed by atoms with Gasteiger partial charge in [0.05, 0.1) is 16.2 Å². The van der Waals surface area contributed by atoms with Crippen molar-refractivity contribution in [1.29, 1.82) is 0 Å². The average Bonchev–Trinajstić information content (AvgIpc) is 2.83. The molecule has 0 bridgehead atoms. The van der Waals surface area contributed by atoms with Gasteiger partial charge in [-0.15, -0.1) is 0 Å². The van der Waals surface area contributed by atoms with Crippen LogP contribution in [0.4, 0.5) is 29.3 Å². The quantitative estimate of drug-likeness (QED) is 0.242. The van der Waals surface area contributed by atoms with Gasteiger partial charge in [-0.05, 0) is 31.4 Å². The van der Waals surface area contributed by atoms with Crippen molar-refractivity contribution in [2.45, 2.75) is 68.1 Å². The van der Waals surface area contributed by atoms with Crippen LogP contribution in [0.5, 0.6) is 0 Å². The third kappa shape index (κ3) is 7.71. The molecule has 0 unspecified atom stereocenters. The number of pyridine rings is 1. The number of nitrogens with zero attached hydrogens (tertiary/aromatic N) is 3. The number of rotatable bonds is 9. The lowest BCUT2D eigenvalue weighted by Gasteiger charge is -2.36. The average molecular weight is 550 g/mol. The van der Waals surface area contributed by atoms with E-state index in [0.29, 0.717) is 11.3 Å². The molecule has 0 aromatic carbocycles. The molecule has 2 aromatic rings. The molecular formula is C22H27F4N5O5S. The fraction of sp³-hybridized carbons (Fsp3) is 0.545. The molecule has 2 heterocycles. The van der Waals surface area contributed by atoms with E-state index in [4.69, 9.17) is 0 Å². The minimum absolute atomic E-state index is 0.0125. The normalized spacial score (nSPS) is 21.2. The van der Waals surface area contributed by atoms with Crippen LogP contribution in [0.1, 0.15) is 39.0 Å². The Hall–Kier alpha value is -3.07. The maximum absolute atomic E-state index is 13.7. The second-order valence-corrected chi connectivity index (χ2v) is 10.8. The number of nitrogens with one attached hydrogen (secondary N) is 2. The van der Waals surface area contributed by atoms with E-state index in [2.05, 4.69) is 30.3 Å². The second kappa shape index (κ2) is 11.1. The van der Waals surface area contributed by atoms with Gasteiger partial charge in [-0.3, -0.25) is 4.98 Å². The summed E-state index contributed by atoms with van der Waals surface area (Å²) < 4.78 is 79.1. The number of anilines is 2. The minimum Gasteiger partial charge on any atom is -0.427 e. The van der Waals surface area contributed by atoms with Crippen molar-refractivity contribution in [3.8, 4) is 11.3 Å². The number of halogens is 4. The maximum atomic E-state index is 13.7. The van der Waals surface area contributed by atoms with E-state index in [1.807, 2.05) is 0 Å². The summed E-state index contributed by atoms with van der Waals surface area (Å²) in [7, 11) is -3.47. The minimum atomic E-state index is -5.22. The summed E-state index contributed by atoms with van der Waals surface area (Å²) in [5, 5.41) is 16.2. The van der Waals surface area contributed by atoms with Crippen LogP contribution in [0, 0.1) is 0 Å². The monoisotopic (exact) mass is 549 g/mol. The van der Waals surface area contributed by atoms with Crippen LogP contribution >= 0.6 is 0 Å². The fourth-order valence-electron chi connectivity index (χ4n) is 3.61. The van der Waals surface area contributed by atoms with Crippen molar-refractivity contribution in [2.24, 2.45) is 0 Å². The lowest BCUT2D eigenvalue weighted by molar-refractivity contribution is -0.255. The SMILES string of the molecule is CC[C@H](F)CNc1ncc(-c2ccc(S(C)(=O)=O)cn2)c(NC2CCC(O)(OC(=O)C(F)(F)F)CC2)n1. The lowest BCUT2D eigenvalue weighted by atomic mass is 9.90. The number of aliphatic hydroxyl groups is 1. The van der Waals surface area contributed by atoms with Crippen molar-refractivity contribution < 1.29 is 40.6 Å². The lowest BCUT2D eigenvalue weighted by Crippen LogP contribution is -2.44. The van der Waals surface area contributed by atoms with Crippen molar-refractivity contribution in [3.05, 3.63) is 24.5 Å². The molecule has 0 saturated heterocycles. The largest absolute Gasteiger partial charge is 0.491 e. The molecule has 0 radical (unpaired) electrons. The van der Waals surface area contributed by atoms with Gasteiger partial charge < -0.3 is 20.5 Å². The standard InChI is InChI=1S/C22H27F4N5O5S/c1-3-13(23)10-28-20-29-12-16(17-5-4-15(11-27-17)37(2,34)35)18(31-20)30-14-6-8-21(33,9-7-14)36-19(32)22(24,25)26/h4-5,11-14,33H,3,6-10H2,1-2H3,(H2,28,29,30,31)/t13-,14?,21?/m0/s1. The maximum Gasteiger partial charge on any atom is 0.491 e. The molecular weight excluding hydrogens is 522 g/mol. The zero-order valence-electron chi connectivity index (χ0n) is 20.0. The molecule has 1 aliphatic carbocycles. The van der Waals surface area contributed by atoms with Gasteiger partial charge in [0.15, 0.2) is 9.84 Å². The van der Waals surface area contributed by atoms with E-state index in [0.717, 1.165) is 6.26 Å². The molecule has 0 amide bonds. The molecule has 1 aliphatic rings. The van der Waals surface area contributed by atoms with Crippen LogP contribution in [0.15, 0.2) is 29.4 Å². The molecule has 37 heavy (non-hydrogen) atoms. The molecule has 3 rings (SSSR count). The third-order valence-corrected chi connectivity index (χ3v) is 6.87. The zero-order valence-corrected chi connectivity index (χ0v) is 20.9. The zero-order chi connectivity index (χ0) is 27.4. The van der Waals surface area contributed by atoms with Gasteiger partial charge in [0, 0.05) is 44.1 Å². The van der Waals surface area contributed by atoms with Crippen LogP contribution < -0.4 is 10.6 Å². The Morgan fingerprint density at radius 2 is 1.92 bits per heavy atom. The van der Waals surface area contributed by atoms with Crippen LogP contribution in [0.2, 0.25) is 0 Å². The number of ether oxygens (including phenoxy) is 1. The molecule has 10 nitrogen and oxygen atoms in total. The van der Waals surface area contributed by atoms with Gasteiger partial charge in [0.25, 0.3) is 0 Å².